The summed E-state index contributed by atoms with van der Waals surface area (Å²) >= 11 is 7.39. The van der Waals surface area contributed by atoms with E-state index >= 15 is 0 Å². The number of fused-ring (bicyclic) bond motifs is 1. The number of halogens is 2. The molecular formula is C16H21Cl2N3O2S. The lowest BCUT2D eigenvalue weighted by atomic mass is 10.1. The van der Waals surface area contributed by atoms with E-state index in [0.29, 0.717) is 10.9 Å². The second kappa shape index (κ2) is 8.43. The largest absolute Gasteiger partial charge is 0.342 e. The number of benzene rings is 1. The highest BCUT2D eigenvalue weighted by molar-refractivity contribution is 8.01. The second-order valence-corrected chi connectivity index (χ2v) is 7.67. The maximum Gasteiger partial charge on any atom is 0.238 e. The van der Waals surface area contributed by atoms with Gasteiger partial charge in [-0.05, 0) is 44.1 Å². The third-order valence-electron chi connectivity index (χ3n) is 4.25. The molecular weight excluding hydrogens is 369 g/mol. The van der Waals surface area contributed by atoms with Crippen molar-refractivity contribution in [3.63, 3.8) is 0 Å². The first kappa shape index (κ1) is 19.4. The SMILES string of the molecule is CNCC1CCN(C(=O)CC2Sc3ccc(Cl)cc3NC2=O)C1.Cl. The molecule has 2 N–H and O–H groups in total. The fraction of sp³-hybridized carbons (Fsp3) is 0.500. The fourth-order valence-electron chi connectivity index (χ4n) is 3.06. The van der Waals surface area contributed by atoms with Gasteiger partial charge in [-0.2, -0.15) is 0 Å². The van der Waals surface area contributed by atoms with E-state index in [1.165, 1.54) is 11.8 Å². The van der Waals surface area contributed by atoms with Crippen molar-refractivity contribution in [2.75, 3.05) is 32.0 Å². The molecule has 3 rings (SSSR count). The van der Waals surface area contributed by atoms with Crippen molar-refractivity contribution >= 4 is 53.3 Å². The average Bonchev–Trinajstić information content (AvgIpc) is 2.97. The van der Waals surface area contributed by atoms with Gasteiger partial charge in [0.15, 0.2) is 0 Å². The molecule has 1 aromatic rings. The zero-order valence-corrected chi connectivity index (χ0v) is 15.8. The van der Waals surface area contributed by atoms with Gasteiger partial charge in [0.05, 0.1) is 10.9 Å². The van der Waals surface area contributed by atoms with E-state index in [4.69, 9.17) is 11.6 Å². The van der Waals surface area contributed by atoms with Crippen LogP contribution in [0.5, 0.6) is 0 Å². The van der Waals surface area contributed by atoms with Crippen LogP contribution < -0.4 is 10.6 Å². The van der Waals surface area contributed by atoms with Crippen molar-refractivity contribution < 1.29 is 9.59 Å². The van der Waals surface area contributed by atoms with Crippen LogP contribution in [0.1, 0.15) is 12.8 Å². The number of anilines is 1. The van der Waals surface area contributed by atoms with Crippen LogP contribution in [0.25, 0.3) is 0 Å². The first-order valence-corrected chi connectivity index (χ1v) is 9.02. The topological polar surface area (TPSA) is 61.4 Å². The monoisotopic (exact) mass is 389 g/mol. The van der Waals surface area contributed by atoms with Gasteiger partial charge < -0.3 is 15.5 Å². The third kappa shape index (κ3) is 4.36. The predicted octanol–water partition coefficient (Wildman–Crippen LogP) is 2.63. The molecule has 24 heavy (non-hydrogen) atoms. The summed E-state index contributed by atoms with van der Waals surface area (Å²) in [6.45, 7) is 2.50. The van der Waals surface area contributed by atoms with Crippen LogP contribution in [0.15, 0.2) is 23.1 Å². The highest BCUT2D eigenvalue weighted by atomic mass is 35.5. The number of thioether (sulfide) groups is 1. The van der Waals surface area contributed by atoms with Crippen molar-refractivity contribution in [2.24, 2.45) is 5.92 Å². The third-order valence-corrected chi connectivity index (χ3v) is 5.76. The van der Waals surface area contributed by atoms with Crippen LogP contribution in [0, 0.1) is 5.92 Å². The maximum atomic E-state index is 12.5. The number of hydrogen-bond acceptors (Lipinski definition) is 4. The molecule has 0 aliphatic carbocycles. The Labute approximate surface area is 157 Å². The number of amides is 2. The summed E-state index contributed by atoms with van der Waals surface area (Å²) in [6, 6.07) is 5.42. The molecule has 1 saturated heterocycles. The molecule has 0 bridgehead atoms. The summed E-state index contributed by atoms with van der Waals surface area (Å²) in [5.41, 5.74) is 0.728. The Bertz CT molecular complexity index is 629. The van der Waals surface area contributed by atoms with Crippen LogP contribution in [0.3, 0.4) is 0 Å². The summed E-state index contributed by atoms with van der Waals surface area (Å²) in [5.74, 6) is 0.456. The highest BCUT2D eigenvalue weighted by Gasteiger charge is 2.32. The van der Waals surface area contributed by atoms with E-state index in [1.54, 1.807) is 12.1 Å². The van der Waals surface area contributed by atoms with E-state index in [2.05, 4.69) is 10.6 Å². The number of carbonyl (C=O) groups is 2. The van der Waals surface area contributed by atoms with Gasteiger partial charge in [0.2, 0.25) is 11.8 Å². The first-order valence-electron chi connectivity index (χ1n) is 7.76. The Morgan fingerprint density at radius 1 is 1.50 bits per heavy atom. The zero-order chi connectivity index (χ0) is 16.4. The Hall–Kier alpha value is -0.950. The van der Waals surface area contributed by atoms with Gasteiger partial charge in [0, 0.05) is 29.4 Å². The van der Waals surface area contributed by atoms with Gasteiger partial charge in [-0.25, -0.2) is 0 Å². The highest BCUT2D eigenvalue weighted by Crippen LogP contribution is 2.38. The molecule has 2 unspecified atom stereocenters. The molecule has 2 heterocycles. The van der Waals surface area contributed by atoms with Crippen molar-refractivity contribution in [3.05, 3.63) is 23.2 Å². The van der Waals surface area contributed by atoms with Crippen LogP contribution in [-0.4, -0.2) is 48.6 Å². The molecule has 2 atom stereocenters. The Morgan fingerprint density at radius 2 is 2.29 bits per heavy atom. The number of carbonyl (C=O) groups excluding carboxylic acids is 2. The number of likely N-dealkylation sites (tertiary alicyclic amines) is 1. The van der Waals surface area contributed by atoms with Gasteiger partial charge in [-0.15, -0.1) is 24.2 Å². The van der Waals surface area contributed by atoms with E-state index in [-0.39, 0.29) is 35.9 Å². The van der Waals surface area contributed by atoms with E-state index < -0.39 is 0 Å². The van der Waals surface area contributed by atoms with E-state index in [1.807, 2.05) is 18.0 Å². The molecule has 0 aromatic heterocycles. The van der Waals surface area contributed by atoms with Gasteiger partial charge in [0.1, 0.15) is 0 Å². The molecule has 1 aromatic carbocycles. The lowest BCUT2D eigenvalue weighted by Gasteiger charge is -2.25. The van der Waals surface area contributed by atoms with Gasteiger partial charge in [-0.1, -0.05) is 11.6 Å². The fourth-order valence-corrected chi connectivity index (χ4v) is 4.31. The normalized spacial score (nSPS) is 22.6. The molecule has 2 aliphatic heterocycles. The lowest BCUT2D eigenvalue weighted by Crippen LogP contribution is -2.37. The van der Waals surface area contributed by atoms with Crippen LogP contribution in [0.4, 0.5) is 5.69 Å². The van der Waals surface area contributed by atoms with Gasteiger partial charge in [0.25, 0.3) is 0 Å². The van der Waals surface area contributed by atoms with Crippen molar-refractivity contribution in [1.29, 1.82) is 0 Å². The van der Waals surface area contributed by atoms with Gasteiger partial charge >= 0.3 is 0 Å². The Kier molecular flexibility index (Phi) is 6.80. The molecule has 0 radical (unpaired) electrons. The number of nitrogens with one attached hydrogen (secondary N) is 2. The summed E-state index contributed by atoms with van der Waals surface area (Å²) in [7, 11) is 1.93. The molecule has 5 nitrogen and oxygen atoms in total. The summed E-state index contributed by atoms with van der Waals surface area (Å²) in [5, 5.41) is 6.22. The van der Waals surface area contributed by atoms with E-state index in [0.717, 1.165) is 36.6 Å². The first-order chi connectivity index (χ1) is 11.1. The minimum absolute atomic E-state index is 0. The molecule has 8 heteroatoms. The van der Waals surface area contributed by atoms with Crippen LogP contribution in [0.2, 0.25) is 5.02 Å². The molecule has 1 fully saturated rings. The van der Waals surface area contributed by atoms with Crippen molar-refractivity contribution in [3.8, 4) is 0 Å². The quantitative estimate of drug-likeness (QED) is 0.830. The lowest BCUT2D eigenvalue weighted by molar-refractivity contribution is -0.131. The zero-order valence-electron chi connectivity index (χ0n) is 13.4. The molecule has 0 saturated carbocycles. The number of hydrogen-bond donors (Lipinski definition) is 2. The molecule has 2 aliphatic rings. The Balaban J connectivity index is 0.00000208. The van der Waals surface area contributed by atoms with Crippen molar-refractivity contribution in [1.82, 2.24) is 10.2 Å². The molecule has 2 amide bonds. The summed E-state index contributed by atoms with van der Waals surface area (Å²) in [6.07, 6.45) is 1.27. The van der Waals surface area contributed by atoms with Crippen LogP contribution in [-0.2, 0) is 9.59 Å². The average molecular weight is 390 g/mol. The van der Waals surface area contributed by atoms with Crippen molar-refractivity contribution in [2.45, 2.75) is 23.0 Å². The van der Waals surface area contributed by atoms with Crippen LogP contribution >= 0.6 is 35.8 Å². The second-order valence-electron chi connectivity index (χ2n) is 5.99. The molecule has 132 valence electrons. The maximum absolute atomic E-state index is 12.5. The van der Waals surface area contributed by atoms with E-state index in [9.17, 15) is 9.59 Å². The standard InChI is InChI=1S/C16H20ClN3O2S.ClH/c1-18-8-10-4-5-20(9-10)15(21)7-14-16(22)19-12-6-11(17)2-3-13(12)23-14;/h2-3,6,10,14,18H,4-5,7-9H2,1H3,(H,19,22);1H. The van der Waals surface area contributed by atoms with Gasteiger partial charge in [-0.3, -0.25) is 9.59 Å². The smallest absolute Gasteiger partial charge is 0.238 e. The molecule has 0 spiro atoms. The minimum atomic E-state index is -0.375. The number of nitrogens with zero attached hydrogens (tertiary/aromatic N) is 1. The summed E-state index contributed by atoms with van der Waals surface area (Å²) < 4.78 is 0. The Morgan fingerprint density at radius 3 is 3.04 bits per heavy atom. The predicted molar refractivity (Wildman–Crippen MR) is 100 cm³/mol. The summed E-state index contributed by atoms with van der Waals surface area (Å²) in [4.78, 5) is 27.5. The number of rotatable bonds is 4. The minimum Gasteiger partial charge on any atom is -0.342 e.